The second-order valence-electron chi connectivity index (χ2n) is 4.54. The molecule has 0 aliphatic carbocycles. The van der Waals surface area contributed by atoms with Crippen LogP contribution in [-0.4, -0.2) is 53.9 Å². The van der Waals surface area contributed by atoms with Crippen molar-refractivity contribution in [1.29, 1.82) is 0 Å². The second-order valence-corrected chi connectivity index (χ2v) is 4.54. The molecule has 1 atom stereocenters. The molecule has 0 aromatic carbocycles. The quantitative estimate of drug-likeness (QED) is 0.842. The second kappa shape index (κ2) is 9.55. The first-order valence-electron chi connectivity index (χ1n) is 6.38. The molecule has 0 bridgehead atoms. The molecule has 2 heterocycles. The predicted octanol–water partition coefficient (Wildman–Crippen LogP) is 0.475. The fourth-order valence-electron chi connectivity index (χ4n) is 2.06. The number of amides is 2. The van der Waals surface area contributed by atoms with Crippen molar-refractivity contribution < 1.29 is 9.59 Å². The first-order valence-corrected chi connectivity index (χ1v) is 6.38. The Kier molecular flexibility index (Phi) is 8.92. The van der Waals surface area contributed by atoms with Crippen LogP contribution < -0.4 is 10.6 Å². The Morgan fingerprint density at radius 3 is 2.81 bits per heavy atom. The Morgan fingerprint density at radius 1 is 1.43 bits per heavy atom. The van der Waals surface area contributed by atoms with Crippen molar-refractivity contribution in [1.82, 2.24) is 20.5 Å². The minimum Gasteiger partial charge on any atom is -0.342 e. The summed E-state index contributed by atoms with van der Waals surface area (Å²) >= 11 is 0. The largest absolute Gasteiger partial charge is 0.342 e. The summed E-state index contributed by atoms with van der Waals surface area (Å²) in [5.74, 6) is -0.380. The molecule has 0 unspecified atom stereocenters. The number of rotatable bonds is 3. The van der Waals surface area contributed by atoms with Gasteiger partial charge in [0.2, 0.25) is 5.91 Å². The molecule has 1 aliphatic heterocycles. The Hall–Kier alpha value is -1.37. The normalized spacial score (nSPS) is 17.2. The van der Waals surface area contributed by atoms with Gasteiger partial charge in [-0.05, 0) is 19.1 Å². The highest BCUT2D eigenvalue weighted by molar-refractivity contribution is 5.94. The number of hydrogen-bond acceptors (Lipinski definition) is 4. The Bertz CT molecular complexity index is 459. The molecule has 0 spiro atoms. The van der Waals surface area contributed by atoms with E-state index in [-0.39, 0.29) is 49.2 Å². The number of carbonyl (C=O) groups is 2. The van der Waals surface area contributed by atoms with Gasteiger partial charge in [0.15, 0.2) is 0 Å². The van der Waals surface area contributed by atoms with Gasteiger partial charge in [0, 0.05) is 31.9 Å². The number of piperazine rings is 1. The van der Waals surface area contributed by atoms with E-state index in [9.17, 15) is 9.59 Å². The molecule has 118 valence electrons. The van der Waals surface area contributed by atoms with Crippen LogP contribution in [0.1, 0.15) is 17.4 Å². The number of nitrogens with zero attached hydrogens (tertiary/aromatic N) is 2. The van der Waals surface area contributed by atoms with Gasteiger partial charge in [-0.25, -0.2) is 0 Å². The zero-order chi connectivity index (χ0) is 13.7. The molecular formula is C13H20Cl2N4O2. The van der Waals surface area contributed by atoms with E-state index in [0.29, 0.717) is 12.2 Å². The third-order valence-electron chi connectivity index (χ3n) is 3.12. The number of carbonyl (C=O) groups excluding carboxylic acids is 2. The van der Waals surface area contributed by atoms with Gasteiger partial charge in [-0.1, -0.05) is 6.07 Å². The van der Waals surface area contributed by atoms with Crippen LogP contribution in [0.4, 0.5) is 0 Å². The lowest BCUT2D eigenvalue weighted by Gasteiger charge is -2.34. The van der Waals surface area contributed by atoms with E-state index < -0.39 is 0 Å². The first-order chi connectivity index (χ1) is 9.18. The SMILES string of the molecule is C[C@@H]1CNCCN1C(=O)CNC(=O)c1ccccn1.Cl.Cl. The summed E-state index contributed by atoms with van der Waals surface area (Å²) in [6, 6.07) is 5.26. The maximum Gasteiger partial charge on any atom is 0.270 e. The third-order valence-corrected chi connectivity index (χ3v) is 3.12. The van der Waals surface area contributed by atoms with Gasteiger partial charge in [0.05, 0.1) is 6.54 Å². The molecule has 21 heavy (non-hydrogen) atoms. The summed E-state index contributed by atoms with van der Waals surface area (Å²) in [4.78, 5) is 29.5. The van der Waals surface area contributed by atoms with E-state index >= 15 is 0 Å². The molecule has 1 saturated heterocycles. The van der Waals surface area contributed by atoms with E-state index in [1.54, 1.807) is 29.3 Å². The average molecular weight is 335 g/mol. The molecule has 2 rings (SSSR count). The van der Waals surface area contributed by atoms with Crippen molar-refractivity contribution >= 4 is 36.6 Å². The van der Waals surface area contributed by atoms with Crippen LogP contribution in [0.2, 0.25) is 0 Å². The van der Waals surface area contributed by atoms with Gasteiger partial charge < -0.3 is 15.5 Å². The zero-order valence-corrected chi connectivity index (χ0v) is 13.4. The molecule has 0 radical (unpaired) electrons. The first kappa shape index (κ1) is 19.6. The maximum absolute atomic E-state index is 12.0. The lowest BCUT2D eigenvalue weighted by molar-refractivity contribution is -0.132. The minimum atomic E-state index is -0.322. The molecular weight excluding hydrogens is 315 g/mol. The van der Waals surface area contributed by atoms with Crippen LogP contribution in [-0.2, 0) is 4.79 Å². The van der Waals surface area contributed by atoms with Crippen molar-refractivity contribution in [2.75, 3.05) is 26.2 Å². The molecule has 1 fully saturated rings. The van der Waals surface area contributed by atoms with E-state index in [0.717, 1.165) is 13.1 Å². The Balaban J connectivity index is 0.00000200. The van der Waals surface area contributed by atoms with Crippen molar-refractivity contribution in [2.45, 2.75) is 13.0 Å². The average Bonchev–Trinajstić information content (AvgIpc) is 2.46. The van der Waals surface area contributed by atoms with E-state index in [1.165, 1.54) is 0 Å². The van der Waals surface area contributed by atoms with Gasteiger partial charge in [-0.2, -0.15) is 0 Å². The fraction of sp³-hybridized carbons (Fsp3) is 0.462. The minimum absolute atomic E-state index is 0. The molecule has 2 amide bonds. The smallest absolute Gasteiger partial charge is 0.270 e. The topological polar surface area (TPSA) is 74.3 Å². The lowest BCUT2D eigenvalue weighted by Crippen LogP contribution is -2.54. The summed E-state index contributed by atoms with van der Waals surface area (Å²) in [6.45, 7) is 4.27. The highest BCUT2D eigenvalue weighted by Gasteiger charge is 2.23. The number of aromatic nitrogens is 1. The number of hydrogen-bond donors (Lipinski definition) is 2. The summed E-state index contributed by atoms with van der Waals surface area (Å²) in [6.07, 6.45) is 1.55. The van der Waals surface area contributed by atoms with Crippen molar-refractivity contribution in [3.05, 3.63) is 30.1 Å². The molecule has 1 aromatic rings. The summed E-state index contributed by atoms with van der Waals surface area (Å²) in [5.41, 5.74) is 0.323. The number of pyridine rings is 1. The standard InChI is InChI=1S/C13H18N4O2.2ClH/c1-10-8-14-6-7-17(10)12(18)9-16-13(19)11-4-2-3-5-15-11;;/h2-5,10,14H,6-9H2,1H3,(H,16,19);2*1H/t10-;;/m1../s1. The fourth-order valence-corrected chi connectivity index (χ4v) is 2.06. The number of nitrogens with one attached hydrogen (secondary N) is 2. The van der Waals surface area contributed by atoms with Crippen molar-refractivity contribution in [2.24, 2.45) is 0 Å². The van der Waals surface area contributed by atoms with E-state index in [4.69, 9.17) is 0 Å². The zero-order valence-electron chi connectivity index (χ0n) is 11.7. The van der Waals surface area contributed by atoms with Crippen LogP contribution in [0.15, 0.2) is 24.4 Å². The van der Waals surface area contributed by atoms with Crippen LogP contribution in [0.5, 0.6) is 0 Å². The van der Waals surface area contributed by atoms with Crippen molar-refractivity contribution in [3.63, 3.8) is 0 Å². The van der Waals surface area contributed by atoms with Crippen LogP contribution in [0, 0.1) is 0 Å². The third kappa shape index (κ3) is 5.49. The maximum atomic E-state index is 12.0. The van der Waals surface area contributed by atoms with Gasteiger partial charge in [0.25, 0.3) is 5.91 Å². The highest BCUT2D eigenvalue weighted by atomic mass is 35.5. The highest BCUT2D eigenvalue weighted by Crippen LogP contribution is 2.02. The Morgan fingerprint density at radius 2 is 2.19 bits per heavy atom. The van der Waals surface area contributed by atoms with Gasteiger partial charge in [0.1, 0.15) is 5.69 Å². The van der Waals surface area contributed by atoms with Crippen molar-refractivity contribution in [3.8, 4) is 0 Å². The van der Waals surface area contributed by atoms with Gasteiger partial charge >= 0.3 is 0 Å². The predicted molar refractivity (Wildman–Crippen MR) is 85.1 cm³/mol. The van der Waals surface area contributed by atoms with Crippen LogP contribution >= 0.6 is 24.8 Å². The molecule has 1 aromatic heterocycles. The van der Waals surface area contributed by atoms with E-state index in [2.05, 4.69) is 15.6 Å². The lowest BCUT2D eigenvalue weighted by atomic mass is 10.2. The molecule has 6 nitrogen and oxygen atoms in total. The summed E-state index contributed by atoms with van der Waals surface area (Å²) < 4.78 is 0. The molecule has 8 heteroatoms. The van der Waals surface area contributed by atoms with Crippen LogP contribution in [0.25, 0.3) is 0 Å². The monoisotopic (exact) mass is 334 g/mol. The Labute approximate surface area is 136 Å². The molecule has 2 N–H and O–H groups in total. The van der Waals surface area contributed by atoms with Crippen LogP contribution in [0.3, 0.4) is 0 Å². The molecule has 0 saturated carbocycles. The van der Waals surface area contributed by atoms with Gasteiger partial charge in [-0.15, -0.1) is 24.8 Å². The molecule has 1 aliphatic rings. The summed E-state index contributed by atoms with van der Waals surface area (Å²) in [5, 5.41) is 5.82. The summed E-state index contributed by atoms with van der Waals surface area (Å²) in [7, 11) is 0. The van der Waals surface area contributed by atoms with E-state index in [1.807, 2.05) is 6.92 Å². The van der Waals surface area contributed by atoms with Gasteiger partial charge in [-0.3, -0.25) is 14.6 Å². The number of halogens is 2.